The molecule has 11 nitrogen and oxygen atoms in total. The fraction of sp³-hybridized carbons (Fsp3) is 0.560. The second-order valence-electron chi connectivity index (χ2n) is 10.7. The molecule has 218 valence electrons. The van der Waals surface area contributed by atoms with Crippen molar-refractivity contribution in [1.29, 1.82) is 5.26 Å². The van der Waals surface area contributed by atoms with E-state index >= 15 is 0 Å². The Bertz CT molecular complexity index is 1500. The minimum Gasteiger partial charge on any atom is -0.344 e. The molecule has 2 aliphatic rings. The smallest absolute Gasteiger partial charge is 0.344 e. The number of hydrogen-bond acceptors (Lipinski definition) is 8. The van der Waals surface area contributed by atoms with Gasteiger partial charge in [-0.15, -0.1) is 0 Å². The summed E-state index contributed by atoms with van der Waals surface area (Å²) in [6.45, 7) is 1.53. The highest BCUT2D eigenvalue weighted by molar-refractivity contribution is 5.93. The SMILES string of the molecule is Cc1nonc1C(=O)N[C@H](c1cn2ncc(C[C@@]3(CC#N)C[C@@H](C(F)(F)F)NC3=O)cc2n1)C1CCC(F)(F)CC1. The molecule has 2 fully saturated rings. The quantitative estimate of drug-likeness (QED) is 0.403. The maximum atomic E-state index is 13.9. The zero-order valence-corrected chi connectivity index (χ0v) is 21.7. The van der Waals surface area contributed by atoms with Crippen LogP contribution in [0.15, 0.2) is 23.1 Å². The van der Waals surface area contributed by atoms with Crippen molar-refractivity contribution in [3.05, 3.63) is 41.1 Å². The minimum atomic E-state index is -4.66. The van der Waals surface area contributed by atoms with Gasteiger partial charge in [-0.3, -0.25) is 9.59 Å². The summed E-state index contributed by atoms with van der Waals surface area (Å²) in [4.78, 5) is 30.1. The number of nitrogens with zero attached hydrogens (tertiary/aromatic N) is 6. The molecule has 0 bridgehead atoms. The zero-order valence-electron chi connectivity index (χ0n) is 21.7. The maximum absolute atomic E-state index is 13.9. The van der Waals surface area contributed by atoms with E-state index in [2.05, 4.69) is 30.3 Å². The molecule has 2 N–H and O–H groups in total. The summed E-state index contributed by atoms with van der Waals surface area (Å²) < 4.78 is 73.8. The molecule has 0 radical (unpaired) electrons. The number of halogens is 5. The van der Waals surface area contributed by atoms with E-state index in [4.69, 9.17) is 0 Å². The number of aromatic nitrogens is 5. The molecule has 0 unspecified atom stereocenters. The Balaban J connectivity index is 1.44. The monoisotopic (exact) mass is 580 g/mol. The topological polar surface area (TPSA) is 151 Å². The lowest BCUT2D eigenvalue weighted by Crippen LogP contribution is -2.39. The van der Waals surface area contributed by atoms with Crippen molar-refractivity contribution in [2.45, 2.75) is 76.1 Å². The number of nitrogens with one attached hydrogen (secondary N) is 2. The summed E-state index contributed by atoms with van der Waals surface area (Å²) in [5.41, 5.74) is -0.449. The van der Waals surface area contributed by atoms with Gasteiger partial charge in [0.15, 0.2) is 11.3 Å². The Labute approximate surface area is 229 Å². The average Bonchev–Trinajstić information content (AvgIpc) is 3.60. The summed E-state index contributed by atoms with van der Waals surface area (Å²) in [6, 6.07) is 0.502. The molecule has 3 aromatic rings. The predicted molar refractivity (Wildman–Crippen MR) is 128 cm³/mol. The van der Waals surface area contributed by atoms with Gasteiger partial charge in [0, 0.05) is 19.3 Å². The number of aryl methyl sites for hydroxylation is 1. The lowest BCUT2D eigenvalue weighted by Gasteiger charge is -2.33. The summed E-state index contributed by atoms with van der Waals surface area (Å²) in [5, 5.41) is 25.5. The van der Waals surface area contributed by atoms with Crippen molar-refractivity contribution in [1.82, 2.24) is 35.5 Å². The van der Waals surface area contributed by atoms with E-state index in [-0.39, 0.29) is 55.1 Å². The lowest BCUT2D eigenvalue weighted by atomic mass is 9.77. The number of carbonyl (C=O) groups is 2. The van der Waals surface area contributed by atoms with Crippen molar-refractivity contribution >= 4 is 17.5 Å². The predicted octanol–water partition coefficient (Wildman–Crippen LogP) is 3.61. The van der Waals surface area contributed by atoms with Gasteiger partial charge in [-0.1, -0.05) is 5.16 Å². The summed E-state index contributed by atoms with van der Waals surface area (Å²) in [7, 11) is 0. The van der Waals surface area contributed by atoms with Gasteiger partial charge in [0.2, 0.25) is 11.8 Å². The molecule has 1 saturated heterocycles. The molecule has 41 heavy (non-hydrogen) atoms. The van der Waals surface area contributed by atoms with E-state index in [1.54, 1.807) is 0 Å². The van der Waals surface area contributed by atoms with Crippen LogP contribution in [0.3, 0.4) is 0 Å². The molecule has 0 aromatic carbocycles. The second-order valence-corrected chi connectivity index (χ2v) is 10.7. The van der Waals surface area contributed by atoms with Gasteiger partial charge in [0.25, 0.3) is 5.91 Å². The number of fused-ring (bicyclic) bond motifs is 1. The molecular formula is C25H25F5N8O3. The molecule has 1 aliphatic carbocycles. The molecule has 3 aromatic heterocycles. The van der Waals surface area contributed by atoms with Gasteiger partial charge in [-0.2, -0.15) is 23.5 Å². The molecule has 16 heteroatoms. The first-order valence-corrected chi connectivity index (χ1v) is 12.9. The van der Waals surface area contributed by atoms with Gasteiger partial charge in [-0.25, -0.2) is 22.9 Å². The van der Waals surface area contributed by atoms with Crippen LogP contribution in [0, 0.1) is 29.6 Å². The number of carbonyl (C=O) groups excluding carboxylic acids is 2. The lowest BCUT2D eigenvalue weighted by molar-refractivity contribution is -0.155. The zero-order chi connectivity index (χ0) is 29.6. The number of nitriles is 1. The van der Waals surface area contributed by atoms with Gasteiger partial charge < -0.3 is 10.6 Å². The number of imidazole rings is 1. The molecule has 1 aliphatic heterocycles. The third-order valence-corrected chi connectivity index (χ3v) is 7.84. The van der Waals surface area contributed by atoms with E-state index in [0.717, 1.165) is 0 Å². The van der Waals surface area contributed by atoms with Gasteiger partial charge in [0.1, 0.15) is 11.7 Å². The van der Waals surface area contributed by atoms with Gasteiger partial charge in [0.05, 0.1) is 35.6 Å². The van der Waals surface area contributed by atoms with E-state index in [0.29, 0.717) is 11.3 Å². The number of alkyl halides is 5. The standard InChI is InChI=1S/C25H25F5N8O3/c1-13-19(37-41-36-13)21(39)35-20(15-2-4-24(26,27)5-3-15)16-12-38-18(33-16)8-14(11-32-38)9-23(6-7-31)10-17(25(28,29)30)34-22(23)40/h8,11-12,15,17,20H,2-6,9-10H2,1H3,(H,34,40)(H,35,39)/t17-,20-,23-/m0/s1. The second kappa shape index (κ2) is 10.3. The van der Waals surface area contributed by atoms with Crippen LogP contribution in [-0.2, 0) is 11.2 Å². The number of hydrogen-bond donors (Lipinski definition) is 2. The minimum absolute atomic E-state index is 0.0601. The Hall–Kier alpha value is -4.16. The normalized spacial score (nSPS) is 23.7. The van der Waals surface area contributed by atoms with Crippen molar-refractivity contribution in [3.8, 4) is 6.07 Å². The highest BCUT2D eigenvalue weighted by atomic mass is 19.4. The molecule has 1 saturated carbocycles. The molecule has 3 atom stereocenters. The molecule has 4 heterocycles. The third kappa shape index (κ3) is 5.70. The van der Waals surface area contributed by atoms with E-state index in [1.165, 1.54) is 29.9 Å². The Morgan fingerprint density at radius 1 is 1.32 bits per heavy atom. The number of amides is 2. The number of rotatable bonds is 7. The van der Waals surface area contributed by atoms with E-state index < -0.39 is 54.3 Å². The van der Waals surface area contributed by atoms with Crippen LogP contribution >= 0.6 is 0 Å². The maximum Gasteiger partial charge on any atom is 0.408 e. The average molecular weight is 581 g/mol. The van der Waals surface area contributed by atoms with Crippen LogP contribution in [0.5, 0.6) is 0 Å². The Morgan fingerprint density at radius 2 is 2.05 bits per heavy atom. The Morgan fingerprint density at radius 3 is 2.66 bits per heavy atom. The Kier molecular flexibility index (Phi) is 7.16. The molecule has 2 amide bonds. The van der Waals surface area contributed by atoms with Crippen LogP contribution in [0.2, 0.25) is 0 Å². The first-order chi connectivity index (χ1) is 19.3. The van der Waals surface area contributed by atoms with Crippen LogP contribution in [0.25, 0.3) is 5.65 Å². The van der Waals surface area contributed by atoms with Gasteiger partial charge in [-0.05, 0) is 55.3 Å². The molecule has 5 rings (SSSR count). The largest absolute Gasteiger partial charge is 0.408 e. The highest BCUT2D eigenvalue weighted by Gasteiger charge is 2.55. The highest BCUT2D eigenvalue weighted by Crippen LogP contribution is 2.43. The molecular weight excluding hydrogens is 555 g/mol. The summed E-state index contributed by atoms with van der Waals surface area (Å²) in [5.74, 6) is -4.67. The van der Waals surface area contributed by atoms with Crippen LogP contribution in [0.1, 0.15) is 72.0 Å². The van der Waals surface area contributed by atoms with E-state index in [1.807, 2.05) is 11.4 Å². The first-order valence-electron chi connectivity index (χ1n) is 12.9. The van der Waals surface area contributed by atoms with Crippen molar-refractivity contribution in [2.24, 2.45) is 11.3 Å². The van der Waals surface area contributed by atoms with Crippen LogP contribution in [-0.4, -0.2) is 54.9 Å². The third-order valence-electron chi connectivity index (χ3n) is 7.84. The van der Waals surface area contributed by atoms with Crippen molar-refractivity contribution < 1.29 is 36.2 Å². The fourth-order valence-electron chi connectivity index (χ4n) is 5.61. The van der Waals surface area contributed by atoms with Crippen LogP contribution < -0.4 is 10.6 Å². The fourth-order valence-corrected chi connectivity index (χ4v) is 5.61. The van der Waals surface area contributed by atoms with E-state index in [9.17, 15) is 36.8 Å². The first kappa shape index (κ1) is 28.4. The van der Waals surface area contributed by atoms with Crippen LogP contribution in [0.4, 0.5) is 22.0 Å². The summed E-state index contributed by atoms with van der Waals surface area (Å²) in [6.07, 6.45) is -3.44. The van der Waals surface area contributed by atoms with Crippen molar-refractivity contribution in [2.75, 3.05) is 0 Å². The van der Waals surface area contributed by atoms with Crippen molar-refractivity contribution in [3.63, 3.8) is 0 Å². The van der Waals surface area contributed by atoms with Gasteiger partial charge >= 0.3 is 6.18 Å². The molecule has 0 spiro atoms. The summed E-state index contributed by atoms with van der Waals surface area (Å²) >= 11 is 0.